The average molecular weight is 317 g/mol. The van der Waals surface area contributed by atoms with Crippen LogP contribution in [0.5, 0.6) is 0 Å². The second kappa shape index (κ2) is 6.19. The summed E-state index contributed by atoms with van der Waals surface area (Å²) >= 11 is 11.8. The van der Waals surface area contributed by atoms with Gasteiger partial charge in [0.25, 0.3) is 5.69 Å². The van der Waals surface area contributed by atoms with Crippen LogP contribution in [0.2, 0.25) is 10.0 Å². The molecule has 1 fully saturated rings. The van der Waals surface area contributed by atoms with Crippen molar-refractivity contribution in [2.75, 3.05) is 5.32 Å². The highest BCUT2D eigenvalue weighted by Crippen LogP contribution is 2.39. The van der Waals surface area contributed by atoms with Crippen LogP contribution < -0.4 is 5.32 Å². The minimum absolute atomic E-state index is 0.0217. The number of nitro groups is 1. The van der Waals surface area contributed by atoms with Gasteiger partial charge in [0.05, 0.1) is 15.0 Å². The first-order valence-corrected chi connectivity index (χ1v) is 7.59. The van der Waals surface area contributed by atoms with Crippen molar-refractivity contribution in [3.8, 4) is 0 Å². The predicted molar refractivity (Wildman–Crippen MR) is 82.7 cm³/mol. The van der Waals surface area contributed by atoms with Crippen LogP contribution in [0.15, 0.2) is 12.1 Å². The van der Waals surface area contributed by atoms with Gasteiger partial charge in [-0.05, 0) is 30.7 Å². The van der Waals surface area contributed by atoms with Gasteiger partial charge in [0.1, 0.15) is 5.69 Å². The maximum atomic E-state index is 11.1. The molecule has 0 spiro atoms. The monoisotopic (exact) mass is 316 g/mol. The molecule has 0 aliphatic heterocycles. The zero-order chi connectivity index (χ0) is 14.9. The van der Waals surface area contributed by atoms with Gasteiger partial charge in [-0.3, -0.25) is 10.1 Å². The van der Waals surface area contributed by atoms with Gasteiger partial charge in [-0.1, -0.05) is 43.5 Å². The van der Waals surface area contributed by atoms with Gasteiger partial charge >= 0.3 is 0 Å². The van der Waals surface area contributed by atoms with Crippen molar-refractivity contribution >= 4 is 34.6 Å². The zero-order valence-electron chi connectivity index (χ0n) is 11.5. The third-order valence-electron chi connectivity index (χ3n) is 4.33. The molecule has 3 atom stereocenters. The summed E-state index contributed by atoms with van der Waals surface area (Å²) in [6.45, 7) is 4.38. The van der Waals surface area contributed by atoms with Gasteiger partial charge in [-0.15, -0.1) is 0 Å². The Morgan fingerprint density at radius 3 is 2.55 bits per heavy atom. The Balaban J connectivity index is 2.25. The molecule has 1 aliphatic carbocycles. The molecule has 1 aromatic carbocycles. The van der Waals surface area contributed by atoms with E-state index in [9.17, 15) is 10.1 Å². The zero-order valence-corrected chi connectivity index (χ0v) is 13.0. The molecule has 0 radical (unpaired) electrons. The Kier molecular flexibility index (Phi) is 4.76. The summed E-state index contributed by atoms with van der Waals surface area (Å²) in [5, 5.41) is 14.9. The minimum Gasteiger partial charge on any atom is -0.376 e. The second-order valence-electron chi connectivity index (χ2n) is 5.40. The van der Waals surface area contributed by atoms with E-state index >= 15 is 0 Å². The highest BCUT2D eigenvalue weighted by Gasteiger charge is 2.32. The molecule has 0 saturated heterocycles. The molecule has 0 heterocycles. The van der Waals surface area contributed by atoms with Gasteiger partial charge in [-0.2, -0.15) is 0 Å². The van der Waals surface area contributed by atoms with Crippen LogP contribution >= 0.6 is 23.2 Å². The quantitative estimate of drug-likeness (QED) is 0.618. The maximum absolute atomic E-state index is 11.1. The topological polar surface area (TPSA) is 55.2 Å². The summed E-state index contributed by atoms with van der Waals surface area (Å²) in [6, 6.07) is 3.10. The number of benzene rings is 1. The molecule has 3 unspecified atom stereocenters. The average Bonchev–Trinajstić information content (AvgIpc) is 2.74. The lowest BCUT2D eigenvalue weighted by atomic mass is 9.93. The van der Waals surface area contributed by atoms with E-state index in [-0.39, 0.29) is 16.8 Å². The Bertz CT molecular complexity index is 522. The summed E-state index contributed by atoms with van der Waals surface area (Å²) in [5.41, 5.74) is 0.435. The fourth-order valence-electron chi connectivity index (χ4n) is 3.03. The van der Waals surface area contributed by atoms with E-state index in [1.807, 2.05) is 0 Å². The van der Waals surface area contributed by atoms with Crippen molar-refractivity contribution in [2.45, 2.75) is 39.2 Å². The molecule has 0 amide bonds. The first-order chi connectivity index (χ1) is 9.43. The summed E-state index contributed by atoms with van der Waals surface area (Å²) in [4.78, 5) is 10.7. The summed E-state index contributed by atoms with van der Waals surface area (Å²) < 4.78 is 0. The molecular weight excluding hydrogens is 299 g/mol. The Hall–Kier alpha value is -1.00. The summed E-state index contributed by atoms with van der Waals surface area (Å²) in [5.74, 6) is 1.17. The molecular formula is C14H18Cl2N2O2. The number of halogens is 2. The molecule has 0 aromatic heterocycles. The van der Waals surface area contributed by atoms with Gasteiger partial charge in [0.2, 0.25) is 0 Å². The van der Waals surface area contributed by atoms with Crippen molar-refractivity contribution in [1.82, 2.24) is 0 Å². The van der Waals surface area contributed by atoms with E-state index in [4.69, 9.17) is 23.2 Å². The molecule has 6 heteroatoms. The van der Waals surface area contributed by atoms with Crippen molar-refractivity contribution in [2.24, 2.45) is 11.8 Å². The van der Waals surface area contributed by atoms with Crippen molar-refractivity contribution in [3.63, 3.8) is 0 Å². The summed E-state index contributed by atoms with van der Waals surface area (Å²) in [6.07, 6.45) is 3.32. The van der Waals surface area contributed by atoms with E-state index in [0.29, 0.717) is 22.5 Å². The number of hydrogen-bond acceptors (Lipinski definition) is 3. The molecule has 20 heavy (non-hydrogen) atoms. The third-order valence-corrected chi connectivity index (χ3v) is 5.05. The van der Waals surface area contributed by atoms with Crippen LogP contribution in [-0.2, 0) is 0 Å². The van der Waals surface area contributed by atoms with Gasteiger partial charge in [0.15, 0.2) is 0 Å². The Morgan fingerprint density at radius 2 is 2.00 bits per heavy atom. The Morgan fingerprint density at radius 1 is 1.35 bits per heavy atom. The number of nitro benzene ring substituents is 1. The van der Waals surface area contributed by atoms with E-state index in [2.05, 4.69) is 19.2 Å². The van der Waals surface area contributed by atoms with E-state index in [1.54, 1.807) is 6.07 Å². The minimum atomic E-state index is -0.429. The third kappa shape index (κ3) is 3.01. The smallest absolute Gasteiger partial charge is 0.293 e. The van der Waals surface area contributed by atoms with Crippen LogP contribution in [0.1, 0.15) is 33.1 Å². The number of rotatable bonds is 4. The predicted octanol–water partition coefficient (Wildman–Crippen LogP) is 5.14. The molecule has 4 nitrogen and oxygen atoms in total. The fourth-order valence-corrected chi connectivity index (χ4v) is 3.35. The Labute approximate surface area is 128 Å². The molecule has 2 rings (SSSR count). The molecule has 1 saturated carbocycles. The van der Waals surface area contributed by atoms with Crippen molar-refractivity contribution in [3.05, 3.63) is 32.3 Å². The first kappa shape index (κ1) is 15.4. The van der Waals surface area contributed by atoms with Crippen LogP contribution in [0.4, 0.5) is 11.4 Å². The highest BCUT2D eigenvalue weighted by molar-refractivity contribution is 6.42. The molecule has 1 aliphatic rings. The highest BCUT2D eigenvalue weighted by atomic mass is 35.5. The second-order valence-corrected chi connectivity index (χ2v) is 6.21. The van der Waals surface area contributed by atoms with Gasteiger partial charge < -0.3 is 5.32 Å². The lowest BCUT2D eigenvalue weighted by molar-refractivity contribution is -0.384. The number of nitrogens with zero attached hydrogens (tertiary/aromatic N) is 1. The normalized spacial score (nSPS) is 25.7. The van der Waals surface area contributed by atoms with Crippen molar-refractivity contribution in [1.29, 1.82) is 0 Å². The molecule has 1 N–H and O–H groups in total. The number of hydrogen-bond donors (Lipinski definition) is 1. The standard InChI is InChI=1S/C14H18Cl2N2O2/c1-3-9-4-5-12(8(9)2)17-13-6-10(15)11(16)7-14(13)18(19)20/h6-9,12,17H,3-5H2,1-2H3. The summed E-state index contributed by atoms with van der Waals surface area (Å²) in [7, 11) is 0. The largest absolute Gasteiger partial charge is 0.376 e. The lowest BCUT2D eigenvalue weighted by Gasteiger charge is -2.22. The lowest BCUT2D eigenvalue weighted by Crippen LogP contribution is -2.25. The van der Waals surface area contributed by atoms with E-state index in [1.165, 1.54) is 6.07 Å². The van der Waals surface area contributed by atoms with Crippen molar-refractivity contribution < 1.29 is 4.92 Å². The van der Waals surface area contributed by atoms with Gasteiger partial charge in [0, 0.05) is 12.1 Å². The van der Waals surface area contributed by atoms with Crippen LogP contribution in [0.25, 0.3) is 0 Å². The molecule has 1 aromatic rings. The molecule has 110 valence electrons. The maximum Gasteiger partial charge on any atom is 0.293 e. The van der Waals surface area contributed by atoms with E-state index in [0.717, 1.165) is 19.3 Å². The number of anilines is 1. The van der Waals surface area contributed by atoms with Crippen LogP contribution in [-0.4, -0.2) is 11.0 Å². The van der Waals surface area contributed by atoms with E-state index < -0.39 is 4.92 Å². The SMILES string of the molecule is CCC1CCC(Nc2cc(Cl)c(Cl)cc2[N+](=O)[O-])C1C. The fraction of sp³-hybridized carbons (Fsp3) is 0.571. The van der Waals surface area contributed by atoms with Gasteiger partial charge in [-0.25, -0.2) is 0 Å². The first-order valence-electron chi connectivity index (χ1n) is 6.84. The number of nitrogens with one attached hydrogen (secondary N) is 1. The molecule has 0 bridgehead atoms. The van der Waals surface area contributed by atoms with Crippen LogP contribution in [0.3, 0.4) is 0 Å². The van der Waals surface area contributed by atoms with Crippen LogP contribution in [0, 0.1) is 22.0 Å².